The maximum Gasteiger partial charge on any atom is 0.335 e. The molecule has 0 bridgehead atoms. The summed E-state index contributed by atoms with van der Waals surface area (Å²) >= 11 is 0. The first kappa shape index (κ1) is 20.7. The summed E-state index contributed by atoms with van der Waals surface area (Å²) in [4.78, 5) is 60.7. The molecule has 0 spiro atoms. The third-order valence-electron chi connectivity index (χ3n) is 3.96. The average molecular weight is 392 g/mol. The molecule has 1 heterocycles. The van der Waals surface area contributed by atoms with Gasteiger partial charge in [0.05, 0.1) is 24.9 Å². The summed E-state index contributed by atoms with van der Waals surface area (Å²) in [5, 5.41) is 13.9. The summed E-state index contributed by atoms with van der Waals surface area (Å²) in [6, 6.07) is 3.31. The first-order valence-electron chi connectivity index (χ1n) is 8.29. The maximum atomic E-state index is 12.8. The second kappa shape index (κ2) is 8.84. The number of aromatic carboxylic acids is 1. The SMILES string of the molecule is COc1ccc(C(=O)O)cc1N1CCC(=O)N(CNC(=O)CNC(C)=O)C1=O. The molecule has 11 heteroatoms. The Morgan fingerprint density at radius 1 is 1.21 bits per heavy atom. The van der Waals surface area contributed by atoms with E-state index in [0.29, 0.717) is 0 Å². The van der Waals surface area contributed by atoms with Crippen LogP contribution in [0.3, 0.4) is 0 Å². The lowest BCUT2D eigenvalue weighted by Gasteiger charge is -2.34. The summed E-state index contributed by atoms with van der Waals surface area (Å²) in [5.41, 5.74) is 0.158. The third-order valence-corrected chi connectivity index (χ3v) is 3.96. The third kappa shape index (κ3) is 4.75. The molecule has 3 N–H and O–H groups in total. The summed E-state index contributed by atoms with van der Waals surface area (Å²) in [6.45, 7) is 0.617. The van der Waals surface area contributed by atoms with Crippen molar-refractivity contribution >= 4 is 35.4 Å². The Morgan fingerprint density at radius 3 is 2.54 bits per heavy atom. The molecular formula is C17H20N4O7. The van der Waals surface area contributed by atoms with E-state index in [2.05, 4.69) is 10.6 Å². The van der Waals surface area contributed by atoms with Gasteiger partial charge in [0.25, 0.3) is 0 Å². The summed E-state index contributed by atoms with van der Waals surface area (Å²) in [7, 11) is 1.37. The van der Waals surface area contributed by atoms with Crippen LogP contribution in [0.5, 0.6) is 5.75 Å². The molecule has 5 amide bonds. The number of carboxylic acids is 1. The number of nitrogens with one attached hydrogen (secondary N) is 2. The van der Waals surface area contributed by atoms with E-state index in [1.165, 1.54) is 37.1 Å². The minimum Gasteiger partial charge on any atom is -0.495 e. The summed E-state index contributed by atoms with van der Waals surface area (Å²) in [5.74, 6) is -2.36. The fourth-order valence-corrected chi connectivity index (χ4v) is 2.54. The Morgan fingerprint density at radius 2 is 1.93 bits per heavy atom. The van der Waals surface area contributed by atoms with Gasteiger partial charge in [-0.25, -0.2) is 14.5 Å². The van der Waals surface area contributed by atoms with Crippen molar-refractivity contribution in [3.8, 4) is 5.75 Å². The van der Waals surface area contributed by atoms with E-state index >= 15 is 0 Å². The largest absolute Gasteiger partial charge is 0.495 e. The number of carbonyl (C=O) groups is 5. The standard InChI is InChI=1S/C17H20N4O7/c1-10(22)18-8-14(23)19-9-21-15(24)5-6-20(17(21)27)12-7-11(16(25)26)3-4-13(12)28-2/h3-4,7H,5-6,8-9H2,1-2H3,(H,18,22)(H,19,23)(H,25,26). The Bertz CT molecular complexity index is 824. The molecule has 1 fully saturated rings. The van der Waals surface area contributed by atoms with Crippen molar-refractivity contribution in [2.75, 3.05) is 31.8 Å². The van der Waals surface area contributed by atoms with Crippen LogP contribution in [-0.4, -0.2) is 66.6 Å². The van der Waals surface area contributed by atoms with Crippen LogP contribution >= 0.6 is 0 Å². The Balaban J connectivity index is 2.18. The number of amides is 5. The monoisotopic (exact) mass is 392 g/mol. The fourth-order valence-electron chi connectivity index (χ4n) is 2.54. The molecule has 1 aromatic carbocycles. The molecule has 0 aliphatic carbocycles. The number of urea groups is 1. The van der Waals surface area contributed by atoms with Crippen molar-refractivity contribution in [2.45, 2.75) is 13.3 Å². The highest BCUT2D eigenvalue weighted by Crippen LogP contribution is 2.32. The molecular weight excluding hydrogens is 372 g/mol. The molecule has 1 saturated heterocycles. The van der Waals surface area contributed by atoms with Gasteiger partial charge >= 0.3 is 12.0 Å². The predicted octanol–water partition coefficient (Wildman–Crippen LogP) is -0.238. The Labute approximate surface area is 160 Å². The van der Waals surface area contributed by atoms with Gasteiger partial charge in [0.15, 0.2) is 0 Å². The lowest BCUT2D eigenvalue weighted by molar-refractivity contribution is -0.130. The van der Waals surface area contributed by atoms with E-state index in [9.17, 15) is 29.1 Å². The number of benzene rings is 1. The number of imide groups is 1. The molecule has 1 aliphatic heterocycles. The zero-order valence-corrected chi connectivity index (χ0v) is 15.4. The van der Waals surface area contributed by atoms with Gasteiger partial charge in [-0.05, 0) is 18.2 Å². The molecule has 0 atom stereocenters. The molecule has 11 nitrogen and oxygen atoms in total. The number of carbonyl (C=O) groups excluding carboxylic acids is 4. The zero-order chi connectivity index (χ0) is 20.8. The highest BCUT2D eigenvalue weighted by atomic mass is 16.5. The lowest BCUT2D eigenvalue weighted by atomic mass is 10.1. The van der Waals surface area contributed by atoms with Gasteiger partial charge in [-0.15, -0.1) is 0 Å². The van der Waals surface area contributed by atoms with Crippen molar-refractivity contribution < 1.29 is 33.8 Å². The number of carboxylic acid groups (broad SMARTS) is 1. The number of rotatable bonds is 7. The molecule has 1 aliphatic rings. The van der Waals surface area contributed by atoms with E-state index in [4.69, 9.17) is 4.74 Å². The van der Waals surface area contributed by atoms with Crippen molar-refractivity contribution in [1.82, 2.24) is 15.5 Å². The number of methoxy groups -OCH3 is 1. The van der Waals surface area contributed by atoms with E-state index in [1.54, 1.807) is 0 Å². The van der Waals surface area contributed by atoms with Gasteiger partial charge in [-0.3, -0.25) is 19.3 Å². The maximum absolute atomic E-state index is 12.8. The van der Waals surface area contributed by atoms with Crippen molar-refractivity contribution in [3.05, 3.63) is 23.8 Å². The molecule has 2 rings (SSSR count). The van der Waals surface area contributed by atoms with Crippen LogP contribution in [0.25, 0.3) is 0 Å². The van der Waals surface area contributed by atoms with Crippen LogP contribution in [0, 0.1) is 0 Å². The topological polar surface area (TPSA) is 145 Å². The van der Waals surface area contributed by atoms with Gasteiger partial charge in [0, 0.05) is 19.9 Å². The zero-order valence-electron chi connectivity index (χ0n) is 15.4. The molecule has 150 valence electrons. The first-order chi connectivity index (χ1) is 13.2. The van der Waals surface area contributed by atoms with Crippen LogP contribution in [0.4, 0.5) is 10.5 Å². The van der Waals surface area contributed by atoms with Gasteiger partial charge < -0.3 is 20.5 Å². The molecule has 0 aromatic heterocycles. The van der Waals surface area contributed by atoms with Crippen molar-refractivity contribution in [1.29, 1.82) is 0 Å². The van der Waals surface area contributed by atoms with E-state index in [0.717, 1.165) is 4.90 Å². The molecule has 1 aromatic rings. The van der Waals surface area contributed by atoms with Crippen LogP contribution in [0.1, 0.15) is 23.7 Å². The molecule has 0 saturated carbocycles. The summed E-state index contributed by atoms with van der Waals surface area (Å²) in [6.07, 6.45) is -0.0201. The lowest BCUT2D eigenvalue weighted by Crippen LogP contribution is -2.56. The summed E-state index contributed by atoms with van der Waals surface area (Å²) < 4.78 is 5.20. The van der Waals surface area contributed by atoms with Gasteiger partial charge in [-0.1, -0.05) is 0 Å². The predicted molar refractivity (Wildman–Crippen MR) is 95.9 cm³/mol. The second-order valence-electron chi connectivity index (χ2n) is 5.87. The van der Waals surface area contributed by atoms with E-state index in [1.807, 2.05) is 0 Å². The van der Waals surface area contributed by atoms with Crippen LogP contribution in [-0.2, 0) is 14.4 Å². The second-order valence-corrected chi connectivity index (χ2v) is 5.87. The minimum absolute atomic E-state index is 0.0201. The highest BCUT2D eigenvalue weighted by Gasteiger charge is 2.34. The Hall–Kier alpha value is -3.63. The van der Waals surface area contributed by atoms with Crippen LogP contribution in [0.15, 0.2) is 18.2 Å². The van der Waals surface area contributed by atoms with Gasteiger partial charge in [-0.2, -0.15) is 0 Å². The smallest absolute Gasteiger partial charge is 0.335 e. The number of ether oxygens (including phenoxy) is 1. The normalized spacial score (nSPS) is 13.9. The van der Waals surface area contributed by atoms with Crippen LogP contribution < -0.4 is 20.3 Å². The van der Waals surface area contributed by atoms with E-state index in [-0.39, 0.29) is 43.2 Å². The number of hydrogen-bond donors (Lipinski definition) is 3. The van der Waals surface area contributed by atoms with Crippen molar-refractivity contribution in [3.63, 3.8) is 0 Å². The quantitative estimate of drug-likeness (QED) is 0.581. The number of nitrogens with zero attached hydrogens (tertiary/aromatic N) is 2. The molecule has 0 unspecified atom stereocenters. The van der Waals surface area contributed by atoms with Gasteiger partial charge in [0.1, 0.15) is 12.4 Å². The average Bonchev–Trinajstić information content (AvgIpc) is 2.65. The van der Waals surface area contributed by atoms with Crippen molar-refractivity contribution in [2.24, 2.45) is 0 Å². The molecule has 28 heavy (non-hydrogen) atoms. The van der Waals surface area contributed by atoms with E-state index < -0.39 is 29.7 Å². The fraction of sp³-hybridized carbons (Fsp3) is 0.353. The van der Waals surface area contributed by atoms with Crippen LogP contribution in [0.2, 0.25) is 0 Å². The molecule has 0 radical (unpaired) electrons. The minimum atomic E-state index is -1.17. The highest BCUT2D eigenvalue weighted by molar-refractivity contribution is 6.07. The number of anilines is 1. The van der Waals surface area contributed by atoms with Gasteiger partial charge in [0.2, 0.25) is 17.7 Å². The Kier molecular flexibility index (Phi) is 6.53. The first-order valence-corrected chi connectivity index (χ1v) is 8.29. The number of hydrogen-bond acceptors (Lipinski definition) is 6.